The second-order valence-corrected chi connectivity index (χ2v) is 2.62. The van der Waals surface area contributed by atoms with Crippen molar-refractivity contribution in [3.8, 4) is 0 Å². The summed E-state index contributed by atoms with van der Waals surface area (Å²) in [5, 5.41) is 0. The van der Waals surface area contributed by atoms with Crippen molar-refractivity contribution in [1.82, 2.24) is 0 Å². The zero-order valence-corrected chi connectivity index (χ0v) is 4.77. The maximum atomic E-state index is 9.72. The Hall–Kier alpha value is -0.0200. The molecule has 0 atom stereocenters. The fourth-order valence-corrected chi connectivity index (χ4v) is 0. The van der Waals surface area contributed by atoms with Gasteiger partial charge in [0.25, 0.3) is 0 Å². The maximum Gasteiger partial charge on any atom is 0.312 e. The minimum absolute atomic E-state index is 0.0833. The van der Waals surface area contributed by atoms with Gasteiger partial charge in [-0.2, -0.15) is 0 Å². The molecule has 0 saturated heterocycles. The first-order valence-corrected chi connectivity index (χ1v) is 1.99. The zero-order valence-electron chi connectivity index (χ0n) is 3.88. The number of quaternary nitrogens is 1. The molecular formula is C3H8NOS+. The number of carbonyl (C=O) groups is 1. The molecule has 0 aliphatic heterocycles. The van der Waals surface area contributed by atoms with Crippen molar-refractivity contribution in [2.24, 2.45) is 0 Å². The van der Waals surface area contributed by atoms with Crippen molar-refractivity contribution in [3.05, 3.63) is 0 Å². The van der Waals surface area contributed by atoms with Gasteiger partial charge < -0.3 is 0 Å². The molecule has 0 rings (SSSR count). The lowest BCUT2D eigenvalue weighted by Crippen LogP contribution is -2.24. The topological polar surface area (TPSA) is 17.1 Å². The number of amides is 1. The van der Waals surface area contributed by atoms with Crippen LogP contribution >= 0.6 is 12.8 Å². The van der Waals surface area contributed by atoms with Crippen molar-refractivity contribution in [2.75, 3.05) is 14.1 Å². The Labute approximate surface area is 42.9 Å². The summed E-state index contributed by atoms with van der Waals surface area (Å²) < 4.78 is 0.0833. The van der Waals surface area contributed by atoms with Crippen LogP contribution in [0.15, 0.2) is 0 Å². The van der Waals surface area contributed by atoms with Gasteiger partial charge in [-0.25, -0.2) is 8.68 Å². The van der Waals surface area contributed by atoms with Gasteiger partial charge in [0, 0.05) is 0 Å². The van der Waals surface area contributed by atoms with Crippen LogP contribution in [0.2, 0.25) is 0 Å². The third kappa shape index (κ3) is 3.98. The van der Waals surface area contributed by atoms with Crippen molar-refractivity contribution >= 4 is 19.2 Å². The molecule has 0 fully saturated rings. The van der Waals surface area contributed by atoms with Crippen molar-refractivity contribution in [3.63, 3.8) is 0 Å². The highest BCUT2D eigenvalue weighted by Crippen LogP contribution is 1.91. The van der Waals surface area contributed by atoms with E-state index in [4.69, 9.17) is 0 Å². The summed E-state index contributed by atoms with van der Waals surface area (Å²) >= 11 is 3.82. The molecule has 1 amide bonds. The van der Waals surface area contributed by atoms with Crippen LogP contribution in [-0.4, -0.2) is 24.4 Å². The average Bonchev–Trinajstić information content (AvgIpc) is 1.35. The minimum atomic E-state index is 0.0833. The Morgan fingerprint density at radius 1 is 1.67 bits per heavy atom. The molecule has 0 aliphatic carbocycles. The van der Waals surface area contributed by atoms with Crippen LogP contribution in [-0.2, 0) is 4.79 Å². The van der Waals surface area contributed by atoms with Gasteiger partial charge in [-0.3, -0.25) is 0 Å². The number of thiol groups is 1. The van der Waals surface area contributed by atoms with E-state index in [1.807, 2.05) is 0 Å². The monoisotopic (exact) mass is 106 g/mol. The summed E-state index contributed by atoms with van der Waals surface area (Å²) in [7, 11) is 3.35. The van der Waals surface area contributed by atoms with E-state index < -0.39 is 0 Å². The molecular weight excluding hydrogens is 98.1 g/mol. The highest BCUT2D eigenvalue weighted by Gasteiger charge is 2.02. The van der Waals surface area contributed by atoms with Crippen molar-refractivity contribution < 1.29 is 8.68 Å². The normalized spacial score (nSPS) is 11.2. The molecule has 0 aromatic rings. The second kappa shape index (κ2) is 1.62. The summed E-state index contributed by atoms with van der Waals surface area (Å²) in [6.45, 7) is 0. The third-order valence-corrected chi connectivity index (χ3v) is 0.352. The van der Waals surface area contributed by atoms with Gasteiger partial charge in [0.05, 0.1) is 26.9 Å². The van der Waals surface area contributed by atoms with E-state index in [9.17, 15) is 4.79 Å². The Morgan fingerprint density at radius 2 is 1.83 bits per heavy atom. The van der Waals surface area contributed by atoms with Crippen molar-refractivity contribution in [1.29, 1.82) is 0 Å². The largest absolute Gasteiger partial charge is 0.312 e. The molecule has 0 unspecified atom stereocenters. The number of hydrogen-bond acceptors (Lipinski definition) is 2. The lowest BCUT2D eigenvalue weighted by Gasteiger charge is -2.07. The first-order valence-electron chi connectivity index (χ1n) is 1.59. The lowest BCUT2D eigenvalue weighted by atomic mass is 11.0. The fourth-order valence-electron chi connectivity index (χ4n) is 0. The van der Waals surface area contributed by atoms with Gasteiger partial charge >= 0.3 is 6.41 Å². The van der Waals surface area contributed by atoms with Gasteiger partial charge in [-0.15, -0.1) is 0 Å². The quantitative estimate of drug-likeness (QED) is 0.284. The standard InChI is InChI=1S/C3H8NOS/c1-4(2,6)3-5/h3,6H,1-2H3/q+1. The van der Waals surface area contributed by atoms with Crippen LogP contribution in [0, 0.1) is 0 Å². The van der Waals surface area contributed by atoms with E-state index in [1.165, 1.54) is 0 Å². The molecule has 3 heteroatoms. The molecule has 0 aromatic heterocycles. The molecule has 0 aromatic carbocycles. The molecule has 0 N–H and O–H groups in total. The van der Waals surface area contributed by atoms with Gasteiger partial charge in [0.15, 0.2) is 0 Å². The molecule has 0 heterocycles. The smallest absolute Gasteiger partial charge is 0.233 e. The predicted octanol–water partition coefficient (Wildman–Crippen LogP) is 0.0640. The van der Waals surface area contributed by atoms with Crippen LogP contribution < -0.4 is 0 Å². The summed E-state index contributed by atoms with van der Waals surface area (Å²) in [5.74, 6) is 0. The Bertz CT molecular complexity index is 56.3. The van der Waals surface area contributed by atoms with Crippen LogP contribution in [0.4, 0.5) is 0 Å². The van der Waals surface area contributed by atoms with Crippen LogP contribution in [0.3, 0.4) is 0 Å². The second-order valence-electron chi connectivity index (χ2n) is 1.58. The first kappa shape index (κ1) is 5.98. The van der Waals surface area contributed by atoms with E-state index in [0.29, 0.717) is 0 Å². The molecule has 6 heavy (non-hydrogen) atoms. The van der Waals surface area contributed by atoms with Crippen molar-refractivity contribution in [2.45, 2.75) is 0 Å². The average molecular weight is 106 g/mol. The van der Waals surface area contributed by atoms with Gasteiger partial charge in [-0.1, -0.05) is 0 Å². The zero-order chi connectivity index (χ0) is 5.21. The SMILES string of the molecule is C[N+](C)(S)C=O. The number of carbonyl (C=O) groups excluding carboxylic acids is 1. The molecule has 0 spiro atoms. The summed E-state index contributed by atoms with van der Waals surface area (Å²) in [6, 6.07) is 0. The number of rotatable bonds is 1. The Morgan fingerprint density at radius 3 is 1.83 bits per heavy atom. The van der Waals surface area contributed by atoms with Crippen LogP contribution in [0.5, 0.6) is 0 Å². The highest BCUT2D eigenvalue weighted by molar-refractivity contribution is 7.74. The van der Waals surface area contributed by atoms with Crippen LogP contribution in [0.1, 0.15) is 0 Å². The molecule has 0 aliphatic rings. The van der Waals surface area contributed by atoms with E-state index in [2.05, 4.69) is 12.8 Å². The fraction of sp³-hybridized carbons (Fsp3) is 0.667. The summed E-state index contributed by atoms with van der Waals surface area (Å²) in [6.07, 6.45) is 0.739. The Kier molecular flexibility index (Phi) is 1.61. The first-order chi connectivity index (χ1) is 2.56. The van der Waals surface area contributed by atoms with Crippen LogP contribution in [0.25, 0.3) is 0 Å². The summed E-state index contributed by atoms with van der Waals surface area (Å²) in [4.78, 5) is 9.72. The van der Waals surface area contributed by atoms with E-state index in [1.54, 1.807) is 14.1 Å². The van der Waals surface area contributed by atoms with Gasteiger partial charge in [-0.05, 0) is 0 Å². The lowest BCUT2D eigenvalue weighted by molar-refractivity contribution is -0.652. The van der Waals surface area contributed by atoms with Gasteiger partial charge in [0.1, 0.15) is 0 Å². The summed E-state index contributed by atoms with van der Waals surface area (Å²) in [5.41, 5.74) is 0. The molecule has 36 valence electrons. The minimum Gasteiger partial charge on any atom is -0.233 e. The maximum absolute atomic E-state index is 9.72. The van der Waals surface area contributed by atoms with E-state index in [-0.39, 0.29) is 3.89 Å². The van der Waals surface area contributed by atoms with E-state index >= 15 is 0 Å². The predicted molar refractivity (Wildman–Crippen MR) is 27.2 cm³/mol. The molecule has 0 bridgehead atoms. The highest BCUT2D eigenvalue weighted by atomic mass is 32.1. The molecule has 0 radical (unpaired) electrons. The third-order valence-electron chi connectivity index (χ3n) is 0.258. The number of nitrogens with zero attached hydrogens (tertiary/aromatic N) is 1. The Balaban J connectivity index is 3.45. The van der Waals surface area contributed by atoms with Gasteiger partial charge in [0.2, 0.25) is 0 Å². The molecule has 0 saturated carbocycles. The number of hydrogen-bond donors (Lipinski definition) is 1. The molecule has 2 nitrogen and oxygen atoms in total. The van der Waals surface area contributed by atoms with E-state index in [0.717, 1.165) is 6.41 Å².